The minimum Gasteiger partial charge on any atom is -0.389 e. The number of rotatable bonds is 6. The van der Waals surface area contributed by atoms with Crippen LogP contribution in [-0.4, -0.2) is 66.3 Å². The van der Waals surface area contributed by atoms with E-state index in [9.17, 15) is 5.11 Å². The van der Waals surface area contributed by atoms with Gasteiger partial charge in [0.15, 0.2) is 0 Å². The van der Waals surface area contributed by atoms with Crippen LogP contribution in [0, 0.1) is 0 Å². The van der Waals surface area contributed by atoms with Crippen LogP contribution in [0.15, 0.2) is 30.3 Å². The van der Waals surface area contributed by atoms with Crippen LogP contribution in [-0.2, 0) is 0 Å². The van der Waals surface area contributed by atoms with Gasteiger partial charge in [-0.05, 0) is 19.4 Å². The van der Waals surface area contributed by atoms with Gasteiger partial charge in [0.05, 0.1) is 5.60 Å². The quantitative estimate of drug-likeness (QED) is 0.824. The molecule has 1 aliphatic heterocycles. The molecule has 2 rings (SSSR count). The minimum absolute atomic E-state index is 0.409. The molecule has 0 saturated carbocycles. The Morgan fingerprint density at radius 1 is 1.10 bits per heavy atom. The average Bonchev–Trinajstić information content (AvgIpc) is 2.46. The van der Waals surface area contributed by atoms with Crippen LogP contribution in [0.25, 0.3) is 0 Å². The highest BCUT2D eigenvalue weighted by Gasteiger charge is 2.24. The van der Waals surface area contributed by atoms with Crippen LogP contribution < -0.4 is 5.73 Å². The lowest BCUT2D eigenvalue weighted by atomic mass is 9.98. The Labute approximate surface area is 128 Å². The normalized spacial score (nSPS) is 19.6. The molecule has 1 atom stereocenters. The maximum Gasteiger partial charge on any atom is 0.0718 e. The van der Waals surface area contributed by atoms with Gasteiger partial charge in [-0.2, -0.15) is 0 Å². The highest BCUT2D eigenvalue weighted by molar-refractivity contribution is 5.20. The van der Waals surface area contributed by atoms with Crippen molar-refractivity contribution in [3.8, 4) is 0 Å². The summed E-state index contributed by atoms with van der Waals surface area (Å²) < 4.78 is 0. The van der Waals surface area contributed by atoms with E-state index in [1.165, 1.54) is 5.56 Å². The second-order valence-corrected chi connectivity index (χ2v) is 6.73. The van der Waals surface area contributed by atoms with Gasteiger partial charge >= 0.3 is 0 Å². The molecule has 1 heterocycles. The number of aliphatic hydroxyl groups is 1. The molecule has 1 unspecified atom stereocenters. The second-order valence-electron chi connectivity index (χ2n) is 6.73. The molecular formula is C17H29N3O. The highest BCUT2D eigenvalue weighted by atomic mass is 16.3. The van der Waals surface area contributed by atoms with Crippen molar-refractivity contribution in [2.24, 2.45) is 5.73 Å². The number of β-amino-alcohol motifs (C(OH)–C–C–N with tert-alkyl or cyclic N) is 1. The molecule has 4 nitrogen and oxygen atoms in total. The standard InChI is InChI=1S/C17H29N3O/c1-17(2,21)14-20-10-8-19(9-11-20)13-16(12-18)15-6-4-3-5-7-15/h3-7,16,21H,8-14,18H2,1-2H3. The second kappa shape index (κ2) is 7.36. The fourth-order valence-electron chi connectivity index (χ4n) is 3.03. The lowest BCUT2D eigenvalue weighted by molar-refractivity contribution is 0.0171. The first-order valence-corrected chi connectivity index (χ1v) is 7.90. The van der Waals surface area contributed by atoms with Crippen molar-refractivity contribution >= 4 is 0 Å². The Hall–Kier alpha value is -0.940. The molecule has 4 heteroatoms. The molecule has 0 aromatic heterocycles. The summed E-state index contributed by atoms with van der Waals surface area (Å²) in [7, 11) is 0. The van der Waals surface area contributed by atoms with E-state index in [0.29, 0.717) is 12.5 Å². The zero-order valence-electron chi connectivity index (χ0n) is 13.3. The molecule has 1 aromatic carbocycles. The molecule has 1 saturated heterocycles. The first kappa shape index (κ1) is 16.4. The van der Waals surface area contributed by atoms with E-state index in [0.717, 1.165) is 39.3 Å². The predicted octanol–water partition coefficient (Wildman–Crippen LogP) is 1.12. The van der Waals surface area contributed by atoms with Gasteiger partial charge < -0.3 is 15.7 Å². The Bertz CT molecular complexity index is 408. The Morgan fingerprint density at radius 3 is 2.19 bits per heavy atom. The van der Waals surface area contributed by atoms with E-state index in [1.807, 2.05) is 19.9 Å². The van der Waals surface area contributed by atoms with Gasteiger partial charge in [0.2, 0.25) is 0 Å². The zero-order valence-corrected chi connectivity index (χ0v) is 13.3. The third kappa shape index (κ3) is 5.40. The number of nitrogens with two attached hydrogens (primary N) is 1. The summed E-state index contributed by atoms with van der Waals surface area (Å²) in [5.41, 5.74) is 6.69. The van der Waals surface area contributed by atoms with Crippen molar-refractivity contribution < 1.29 is 5.11 Å². The van der Waals surface area contributed by atoms with Crippen LogP contribution >= 0.6 is 0 Å². The Balaban J connectivity index is 1.82. The summed E-state index contributed by atoms with van der Waals surface area (Å²) in [5, 5.41) is 9.90. The molecule has 0 amide bonds. The first-order valence-electron chi connectivity index (χ1n) is 7.90. The van der Waals surface area contributed by atoms with E-state index in [-0.39, 0.29) is 0 Å². The summed E-state index contributed by atoms with van der Waals surface area (Å²) in [6.07, 6.45) is 0. The number of piperazine rings is 1. The summed E-state index contributed by atoms with van der Waals surface area (Å²) in [6, 6.07) is 10.6. The zero-order chi connectivity index (χ0) is 15.3. The molecule has 0 bridgehead atoms. The third-order valence-corrected chi connectivity index (χ3v) is 4.11. The van der Waals surface area contributed by atoms with Gasteiger partial charge in [-0.1, -0.05) is 30.3 Å². The molecule has 0 aliphatic carbocycles. The maximum atomic E-state index is 9.90. The first-order chi connectivity index (χ1) is 9.98. The van der Waals surface area contributed by atoms with Gasteiger partial charge in [0, 0.05) is 51.7 Å². The van der Waals surface area contributed by atoms with Crippen molar-refractivity contribution in [3.63, 3.8) is 0 Å². The largest absolute Gasteiger partial charge is 0.389 e. The molecule has 1 fully saturated rings. The SMILES string of the molecule is CC(C)(O)CN1CCN(CC(CN)c2ccccc2)CC1. The molecule has 21 heavy (non-hydrogen) atoms. The lowest BCUT2D eigenvalue weighted by Gasteiger charge is -2.38. The lowest BCUT2D eigenvalue weighted by Crippen LogP contribution is -2.51. The number of hydrogen-bond acceptors (Lipinski definition) is 4. The number of hydrogen-bond donors (Lipinski definition) is 2. The molecule has 1 aliphatic rings. The molecule has 3 N–H and O–H groups in total. The maximum absolute atomic E-state index is 9.90. The van der Waals surface area contributed by atoms with E-state index in [2.05, 4.69) is 34.1 Å². The predicted molar refractivity (Wildman–Crippen MR) is 87.4 cm³/mol. The summed E-state index contributed by atoms with van der Waals surface area (Å²) in [4.78, 5) is 4.84. The van der Waals surface area contributed by atoms with Gasteiger partial charge in [-0.15, -0.1) is 0 Å². The fraction of sp³-hybridized carbons (Fsp3) is 0.647. The Kier molecular flexibility index (Phi) is 5.76. The molecule has 1 aromatic rings. The van der Waals surface area contributed by atoms with E-state index in [1.54, 1.807) is 0 Å². The highest BCUT2D eigenvalue weighted by Crippen LogP contribution is 2.17. The number of nitrogens with zero attached hydrogens (tertiary/aromatic N) is 2. The van der Waals surface area contributed by atoms with Crippen LogP contribution in [0.5, 0.6) is 0 Å². The molecule has 118 valence electrons. The van der Waals surface area contributed by atoms with Crippen molar-refractivity contribution in [2.75, 3.05) is 45.8 Å². The van der Waals surface area contributed by atoms with Gasteiger partial charge in [-0.3, -0.25) is 4.90 Å². The monoisotopic (exact) mass is 291 g/mol. The van der Waals surface area contributed by atoms with Crippen molar-refractivity contribution in [1.82, 2.24) is 9.80 Å². The Morgan fingerprint density at radius 2 is 1.67 bits per heavy atom. The van der Waals surface area contributed by atoms with Crippen LogP contribution in [0.4, 0.5) is 0 Å². The van der Waals surface area contributed by atoms with Crippen molar-refractivity contribution in [1.29, 1.82) is 0 Å². The number of benzene rings is 1. The molecule has 0 spiro atoms. The summed E-state index contributed by atoms with van der Waals surface area (Å²) in [5.74, 6) is 0.409. The average molecular weight is 291 g/mol. The van der Waals surface area contributed by atoms with Gasteiger partial charge in [0.25, 0.3) is 0 Å². The van der Waals surface area contributed by atoms with Crippen molar-refractivity contribution in [3.05, 3.63) is 35.9 Å². The van der Waals surface area contributed by atoms with E-state index >= 15 is 0 Å². The topological polar surface area (TPSA) is 52.7 Å². The third-order valence-electron chi connectivity index (χ3n) is 4.11. The fourth-order valence-corrected chi connectivity index (χ4v) is 3.03. The van der Waals surface area contributed by atoms with E-state index in [4.69, 9.17) is 5.73 Å². The van der Waals surface area contributed by atoms with E-state index < -0.39 is 5.60 Å². The van der Waals surface area contributed by atoms with Crippen LogP contribution in [0.2, 0.25) is 0 Å². The summed E-state index contributed by atoms with van der Waals surface area (Å²) >= 11 is 0. The summed E-state index contributed by atoms with van der Waals surface area (Å²) in [6.45, 7) is 10.4. The molecular weight excluding hydrogens is 262 g/mol. The van der Waals surface area contributed by atoms with Crippen molar-refractivity contribution in [2.45, 2.75) is 25.4 Å². The van der Waals surface area contributed by atoms with Gasteiger partial charge in [-0.25, -0.2) is 0 Å². The minimum atomic E-state index is -0.605. The molecule has 0 radical (unpaired) electrons. The van der Waals surface area contributed by atoms with Crippen LogP contribution in [0.1, 0.15) is 25.3 Å². The van der Waals surface area contributed by atoms with Crippen LogP contribution in [0.3, 0.4) is 0 Å². The smallest absolute Gasteiger partial charge is 0.0718 e. The van der Waals surface area contributed by atoms with Gasteiger partial charge in [0.1, 0.15) is 0 Å².